The van der Waals surface area contributed by atoms with Crippen LogP contribution in [-0.4, -0.2) is 22.8 Å². The highest BCUT2D eigenvalue weighted by atomic mass is 35.5. The van der Waals surface area contributed by atoms with E-state index in [9.17, 15) is 9.59 Å². The van der Waals surface area contributed by atoms with Crippen molar-refractivity contribution in [2.24, 2.45) is 0 Å². The van der Waals surface area contributed by atoms with Crippen LogP contribution in [0.2, 0.25) is 5.15 Å². The minimum atomic E-state index is -0.460. The first-order valence-electron chi connectivity index (χ1n) is 7.41. The average Bonchev–Trinajstić information content (AvgIpc) is 3.10. The zero-order valence-corrected chi connectivity index (χ0v) is 13.4. The number of benzene rings is 1. The monoisotopic (exact) mass is 345 g/mol. The van der Waals surface area contributed by atoms with Crippen molar-refractivity contribution in [3.63, 3.8) is 0 Å². The van der Waals surface area contributed by atoms with E-state index in [1.807, 2.05) is 30.3 Å². The maximum atomic E-state index is 12.2. The van der Waals surface area contributed by atoms with E-state index in [1.54, 1.807) is 0 Å². The Morgan fingerprint density at radius 1 is 1.12 bits per heavy atom. The Morgan fingerprint density at radius 2 is 1.92 bits per heavy atom. The largest absolute Gasteiger partial charge is 0.271 e. The van der Waals surface area contributed by atoms with Gasteiger partial charge >= 0.3 is 0 Å². The van der Waals surface area contributed by atoms with Crippen molar-refractivity contribution < 1.29 is 9.59 Å². The van der Waals surface area contributed by atoms with E-state index >= 15 is 0 Å². The Labute approximate surface area is 143 Å². The predicted octanol–water partition coefficient (Wildman–Crippen LogP) is 1.10. The molecule has 1 saturated heterocycles. The quantitative estimate of drug-likeness (QED) is 0.493. The first-order valence-corrected chi connectivity index (χ1v) is 7.79. The number of hydrazine groups is 2. The molecule has 0 radical (unpaired) electrons. The molecule has 1 aromatic heterocycles. The molecular weight excluding hydrogens is 330 g/mol. The van der Waals surface area contributed by atoms with Gasteiger partial charge in [0, 0.05) is 17.8 Å². The lowest BCUT2D eigenvalue weighted by Crippen LogP contribution is -2.50. The lowest BCUT2D eigenvalue weighted by molar-refractivity contribution is -0.123. The summed E-state index contributed by atoms with van der Waals surface area (Å²) in [7, 11) is 0. The van der Waals surface area contributed by atoms with E-state index in [4.69, 9.17) is 11.6 Å². The van der Waals surface area contributed by atoms with Gasteiger partial charge in [-0.1, -0.05) is 41.9 Å². The van der Waals surface area contributed by atoms with Crippen LogP contribution in [0.5, 0.6) is 0 Å². The van der Waals surface area contributed by atoms with Crippen LogP contribution in [0.15, 0.2) is 48.7 Å². The van der Waals surface area contributed by atoms with Gasteiger partial charge in [-0.2, -0.15) is 0 Å². The third-order valence-corrected chi connectivity index (χ3v) is 3.92. The van der Waals surface area contributed by atoms with Crippen molar-refractivity contribution in [3.05, 3.63) is 64.9 Å². The van der Waals surface area contributed by atoms with Crippen LogP contribution in [0.3, 0.4) is 0 Å². The van der Waals surface area contributed by atoms with Crippen LogP contribution >= 0.6 is 11.6 Å². The zero-order valence-electron chi connectivity index (χ0n) is 12.6. The number of nitrogens with zero attached hydrogens (tertiary/aromatic N) is 1. The van der Waals surface area contributed by atoms with Gasteiger partial charge in [0.2, 0.25) is 0 Å². The lowest BCUT2D eigenvalue weighted by Gasteiger charge is -2.11. The molecule has 1 aliphatic heterocycles. The van der Waals surface area contributed by atoms with E-state index in [1.165, 1.54) is 18.3 Å². The van der Waals surface area contributed by atoms with Gasteiger partial charge in [0.05, 0.1) is 0 Å². The molecule has 0 aliphatic carbocycles. The highest BCUT2D eigenvalue weighted by Crippen LogP contribution is 2.21. The molecule has 0 spiro atoms. The lowest BCUT2D eigenvalue weighted by atomic mass is 10.0. The topological polar surface area (TPSA) is 95.2 Å². The molecule has 2 atom stereocenters. The van der Waals surface area contributed by atoms with Gasteiger partial charge < -0.3 is 0 Å². The van der Waals surface area contributed by atoms with Gasteiger partial charge in [0.15, 0.2) is 0 Å². The molecule has 4 N–H and O–H groups in total. The van der Waals surface area contributed by atoms with Crippen LogP contribution in [0, 0.1) is 0 Å². The molecule has 0 bridgehead atoms. The van der Waals surface area contributed by atoms with Crippen LogP contribution in [0.25, 0.3) is 0 Å². The number of halogens is 1. The Morgan fingerprint density at radius 3 is 2.67 bits per heavy atom. The molecule has 2 aromatic rings. The third kappa shape index (κ3) is 3.88. The summed E-state index contributed by atoms with van der Waals surface area (Å²) in [4.78, 5) is 27.9. The molecule has 7 nitrogen and oxygen atoms in total. The third-order valence-electron chi connectivity index (χ3n) is 3.71. The Bertz CT molecular complexity index is 740. The molecular formula is C16H16ClN5O2. The fraction of sp³-hybridized carbons (Fsp3) is 0.188. The Kier molecular flexibility index (Phi) is 5.05. The summed E-state index contributed by atoms with van der Waals surface area (Å²) in [5.41, 5.74) is 12.2. The summed E-state index contributed by atoms with van der Waals surface area (Å²) >= 11 is 5.73. The van der Waals surface area contributed by atoms with E-state index in [-0.39, 0.29) is 17.1 Å². The minimum absolute atomic E-state index is 0.0386. The van der Waals surface area contributed by atoms with E-state index in [2.05, 4.69) is 26.7 Å². The molecule has 1 fully saturated rings. The van der Waals surface area contributed by atoms with Crippen LogP contribution in [0.1, 0.15) is 28.4 Å². The number of hydrogen-bond acceptors (Lipinski definition) is 5. The van der Waals surface area contributed by atoms with Crippen molar-refractivity contribution in [2.45, 2.75) is 18.5 Å². The fourth-order valence-corrected chi connectivity index (χ4v) is 2.63. The molecule has 3 rings (SSSR count). The maximum Gasteiger partial charge on any atom is 0.269 e. The predicted molar refractivity (Wildman–Crippen MR) is 88.7 cm³/mol. The van der Waals surface area contributed by atoms with Crippen LogP contribution in [0.4, 0.5) is 0 Å². The number of rotatable bonds is 3. The second-order valence-corrected chi connectivity index (χ2v) is 5.74. The molecule has 2 heterocycles. The molecule has 1 aliphatic rings. The van der Waals surface area contributed by atoms with Crippen molar-refractivity contribution in [1.29, 1.82) is 0 Å². The zero-order chi connectivity index (χ0) is 16.9. The molecule has 124 valence electrons. The average molecular weight is 346 g/mol. The number of aromatic nitrogens is 1. The summed E-state index contributed by atoms with van der Waals surface area (Å²) in [6.45, 7) is 0. The second-order valence-electron chi connectivity index (χ2n) is 5.35. The van der Waals surface area contributed by atoms with Gasteiger partial charge in [-0.05, 0) is 24.1 Å². The first kappa shape index (κ1) is 16.4. The van der Waals surface area contributed by atoms with Gasteiger partial charge in [-0.3, -0.25) is 20.4 Å². The van der Waals surface area contributed by atoms with Crippen molar-refractivity contribution in [3.8, 4) is 0 Å². The van der Waals surface area contributed by atoms with Crippen LogP contribution in [-0.2, 0) is 4.79 Å². The summed E-state index contributed by atoms with van der Waals surface area (Å²) in [6, 6.07) is 12.3. The smallest absolute Gasteiger partial charge is 0.269 e. The highest BCUT2D eigenvalue weighted by molar-refractivity contribution is 6.29. The number of carbonyl (C=O) groups is 2. The fourth-order valence-electron chi connectivity index (χ4n) is 2.45. The SMILES string of the molecule is O=C(NNC(=O)C1CC(c2ccccc2)NN1)c1ccnc(Cl)c1. The standard InChI is InChI=1S/C16H16ClN5O2/c17-14-8-11(6-7-18-14)15(23)21-22-16(24)13-9-12(19-20-13)10-4-2-1-3-5-10/h1-8,12-13,19-20H,9H2,(H,21,23)(H,22,24). The number of amides is 2. The molecule has 0 saturated carbocycles. The van der Waals surface area contributed by atoms with Crippen molar-refractivity contribution in [1.82, 2.24) is 26.7 Å². The summed E-state index contributed by atoms with van der Waals surface area (Å²) in [5.74, 6) is -0.785. The van der Waals surface area contributed by atoms with Gasteiger partial charge in [-0.25, -0.2) is 15.8 Å². The second kappa shape index (κ2) is 7.39. The van der Waals surface area contributed by atoms with Gasteiger partial charge in [0.25, 0.3) is 11.8 Å². The van der Waals surface area contributed by atoms with Crippen molar-refractivity contribution in [2.75, 3.05) is 0 Å². The number of hydrogen-bond donors (Lipinski definition) is 4. The number of carbonyl (C=O) groups excluding carboxylic acids is 2. The van der Waals surface area contributed by atoms with E-state index in [0.29, 0.717) is 12.0 Å². The summed E-state index contributed by atoms with van der Waals surface area (Å²) < 4.78 is 0. The van der Waals surface area contributed by atoms with E-state index < -0.39 is 11.9 Å². The molecule has 2 amide bonds. The first-order chi connectivity index (χ1) is 11.6. The van der Waals surface area contributed by atoms with Gasteiger partial charge in [0.1, 0.15) is 11.2 Å². The minimum Gasteiger partial charge on any atom is -0.271 e. The normalized spacial score (nSPS) is 19.7. The summed E-state index contributed by atoms with van der Waals surface area (Å²) in [6.07, 6.45) is 2.00. The van der Waals surface area contributed by atoms with Crippen LogP contribution < -0.4 is 21.7 Å². The van der Waals surface area contributed by atoms with Crippen molar-refractivity contribution >= 4 is 23.4 Å². The number of pyridine rings is 1. The van der Waals surface area contributed by atoms with Gasteiger partial charge in [-0.15, -0.1) is 0 Å². The Balaban J connectivity index is 1.52. The maximum absolute atomic E-state index is 12.2. The Hall–Kier alpha value is -2.48. The molecule has 2 unspecified atom stereocenters. The molecule has 8 heteroatoms. The highest BCUT2D eigenvalue weighted by Gasteiger charge is 2.30. The molecule has 24 heavy (non-hydrogen) atoms. The molecule has 1 aromatic carbocycles. The number of nitrogens with one attached hydrogen (secondary N) is 4. The van der Waals surface area contributed by atoms with E-state index in [0.717, 1.165) is 5.56 Å². The summed E-state index contributed by atoms with van der Waals surface area (Å²) in [5, 5.41) is 0.210.